The summed E-state index contributed by atoms with van der Waals surface area (Å²) in [5, 5.41) is 16.7. The van der Waals surface area contributed by atoms with Crippen LogP contribution in [0, 0.1) is 11.3 Å². The summed E-state index contributed by atoms with van der Waals surface area (Å²) in [6.07, 6.45) is 1.56. The van der Waals surface area contributed by atoms with Crippen LogP contribution in [0.25, 0.3) is 22.8 Å². The average Bonchev–Trinajstić information content (AvgIpc) is 3.41. The van der Waals surface area contributed by atoms with Crippen molar-refractivity contribution in [2.75, 3.05) is 13.7 Å². The van der Waals surface area contributed by atoms with E-state index in [0.29, 0.717) is 28.6 Å². The topological polar surface area (TPSA) is 110 Å². The molecule has 0 radical (unpaired) electrons. The number of nitrogens with one attached hydrogen (secondary N) is 1. The van der Waals surface area contributed by atoms with Crippen molar-refractivity contribution < 1.29 is 18.8 Å². The van der Waals surface area contributed by atoms with Gasteiger partial charge in [-0.3, -0.25) is 4.79 Å². The van der Waals surface area contributed by atoms with Gasteiger partial charge in [-0.25, -0.2) is 0 Å². The van der Waals surface area contributed by atoms with Crippen LogP contribution in [0.2, 0.25) is 0 Å². The van der Waals surface area contributed by atoms with E-state index in [9.17, 15) is 10.1 Å². The summed E-state index contributed by atoms with van der Waals surface area (Å²) >= 11 is 0. The monoisotopic (exact) mass is 432 g/mol. The fraction of sp³-hybridized carbons (Fsp3) is 0.333. The van der Waals surface area contributed by atoms with Gasteiger partial charge in [0.1, 0.15) is 18.4 Å². The zero-order chi connectivity index (χ0) is 22.7. The molecule has 0 fully saturated rings. The van der Waals surface area contributed by atoms with E-state index in [4.69, 9.17) is 14.0 Å². The molecule has 0 spiro atoms. The maximum atomic E-state index is 12.0. The number of carbonyl (C=O) groups excluding carboxylic acids is 1. The molecule has 0 saturated heterocycles. The SMILES string of the molecule is COCC(=O)NC1CCc2c(-c3noc(-c4ccc(OC(C)C)c(C#N)c4)n3)cccc21. The van der Waals surface area contributed by atoms with Gasteiger partial charge < -0.3 is 19.3 Å². The van der Waals surface area contributed by atoms with E-state index in [2.05, 4.69) is 21.5 Å². The van der Waals surface area contributed by atoms with E-state index in [1.165, 1.54) is 7.11 Å². The van der Waals surface area contributed by atoms with Crippen molar-refractivity contribution in [1.29, 1.82) is 5.26 Å². The molecule has 0 saturated carbocycles. The maximum Gasteiger partial charge on any atom is 0.258 e. The molecule has 164 valence electrons. The van der Waals surface area contributed by atoms with Crippen LogP contribution in [0.4, 0.5) is 0 Å². The first-order valence-electron chi connectivity index (χ1n) is 10.5. The van der Waals surface area contributed by atoms with Gasteiger partial charge in [0, 0.05) is 18.2 Å². The molecule has 4 rings (SSSR count). The van der Waals surface area contributed by atoms with Crippen LogP contribution in [-0.4, -0.2) is 35.9 Å². The van der Waals surface area contributed by atoms with Crippen LogP contribution >= 0.6 is 0 Å². The van der Waals surface area contributed by atoms with Crippen LogP contribution in [0.1, 0.15) is 43.0 Å². The molecule has 1 aromatic heterocycles. The molecule has 1 heterocycles. The standard InChI is InChI=1S/C24H24N4O4/c1-14(2)31-21-10-7-15(11-16(21)12-25)24-27-23(28-32-24)19-6-4-5-18-17(19)8-9-20(18)26-22(29)13-30-3/h4-7,10-11,14,20H,8-9,13H2,1-3H3,(H,26,29). The minimum atomic E-state index is -0.143. The summed E-state index contributed by atoms with van der Waals surface area (Å²) in [5.74, 6) is 1.18. The van der Waals surface area contributed by atoms with Gasteiger partial charge in [-0.05, 0) is 56.0 Å². The van der Waals surface area contributed by atoms with Crippen LogP contribution < -0.4 is 10.1 Å². The second-order valence-electron chi connectivity index (χ2n) is 7.88. The minimum Gasteiger partial charge on any atom is -0.490 e. The van der Waals surface area contributed by atoms with Gasteiger partial charge in [0.05, 0.1) is 17.7 Å². The fourth-order valence-electron chi connectivity index (χ4n) is 3.94. The molecule has 1 atom stereocenters. The van der Waals surface area contributed by atoms with Gasteiger partial charge in [-0.1, -0.05) is 23.4 Å². The highest BCUT2D eigenvalue weighted by atomic mass is 16.5. The Bertz CT molecular complexity index is 1180. The largest absolute Gasteiger partial charge is 0.490 e. The van der Waals surface area contributed by atoms with Crippen molar-refractivity contribution in [3.8, 4) is 34.7 Å². The van der Waals surface area contributed by atoms with Crippen LogP contribution in [-0.2, 0) is 16.0 Å². The normalized spacial score (nSPS) is 14.8. The minimum absolute atomic E-state index is 0.0331. The molecule has 32 heavy (non-hydrogen) atoms. The van der Waals surface area contributed by atoms with Crippen LogP contribution in [0.15, 0.2) is 40.9 Å². The summed E-state index contributed by atoms with van der Waals surface area (Å²) in [6.45, 7) is 3.85. The highest BCUT2D eigenvalue weighted by Crippen LogP contribution is 2.37. The summed E-state index contributed by atoms with van der Waals surface area (Å²) in [5.41, 5.74) is 4.09. The number of rotatable bonds is 7. The fourth-order valence-corrected chi connectivity index (χ4v) is 3.94. The van der Waals surface area contributed by atoms with E-state index in [0.717, 1.165) is 29.5 Å². The van der Waals surface area contributed by atoms with Gasteiger partial charge in [0.15, 0.2) is 0 Å². The number of nitrogens with zero attached hydrogens (tertiary/aromatic N) is 3. The van der Waals surface area contributed by atoms with Crippen molar-refractivity contribution in [3.05, 3.63) is 53.1 Å². The van der Waals surface area contributed by atoms with Gasteiger partial charge in [-0.15, -0.1) is 0 Å². The molecule has 1 amide bonds. The third kappa shape index (κ3) is 4.34. The highest BCUT2D eigenvalue weighted by Gasteiger charge is 2.27. The van der Waals surface area contributed by atoms with Crippen LogP contribution in [0.5, 0.6) is 5.75 Å². The van der Waals surface area contributed by atoms with Crippen molar-refractivity contribution in [1.82, 2.24) is 15.5 Å². The Morgan fingerprint density at radius 1 is 1.34 bits per heavy atom. The quantitative estimate of drug-likeness (QED) is 0.604. The summed E-state index contributed by atoms with van der Waals surface area (Å²) < 4.78 is 16.1. The first kappa shape index (κ1) is 21.5. The Morgan fingerprint density at radius 3 is 2.94 bits per heavy atom. The van der Waals surface area contributed by atoms with E-state index in [1.54, 1.807) is 18.2 Å². The number of hydrogen-bond donors (Lipinski definition) is 1. The summed E-state index contributed by atoms with van der Waals surface area (Å²) in [6, 6.07) is 13.2. The lowest BCUT2D eigenvalue weighted by molar-refractivity contribution is -0.125. The second-order valence-corrected chi connectivity index (χ2v) is 7.88. The first-order chi connectivity index (χ1) is 15.5. The van der Waals surface area contributed by atoms with Crippen molar-refractivity contribution in [2.45, 2.75) is 38.8 Å². The number of nitriles is 1. The molecule has 0 bridgehead atoms. The smallest absolute Gasteiger partial charge is 0.258 e. The molecule has 1 unspecified atom stereocenters. The highest BCUT2D eigenvalue weighted by molar-refractivity contribution is 5.78. The predicted molar refractivity (Wildman–Crippen MR) is 117 cm³/mol. The molecule has 1 aliphatic carbocycles. The Balaban J connectivity index is 1.61. The molecule has 1 aliphatic rings. The Hall–Kier alpha value is -3.70. The molecule has 3 aromatic rings. The number of aromatic nitrogens is 2. The summed E-state index contributed by atoms with van der Waals surface area (Å²) in [4.78, 5) is 16.5. The van der Waals surface area contributed by atoms with E-state index in [-0.39, 0.29) is 24.7 Å². The summed E-state index contributed by atoms with van der Waals surface area (Å²) in [7, 11) is 1.50. The number of carbonyl (C=O) groups is 1. The molecule has 0 aliphatic heterocycles. The van der Waals surface area contributed by atoms with E-state index in [1.807, 2.05) is 32.0 Å². The van der Waals surface area contributed by atoms with Crippen molar-refractivity contribution >= 4 is 5.91 Å². The number of amides is 1. The molecule has 2 aromatic carbocycles. The molecule has 8 nitrogen and oxygen atoms in total. The van der Waals surface area contributed by atoms with Gasteiger partial charge in [-0.2, -0.15) is 10.2 Å². The van der Waals surface area contributed by atoms with E-state index >= 15 is 0 Å². The van der Waals surface area contributed by atoms with Gasteiger partial charge in [0.2, 0.25) is 11.7 Å². The zero-order valence-corrected chi connectivity index (χ0v) is 18.2. The Kier molecular flexibility index (Phi) is 6.19. The molecular weight excluding hydrogens is 408 g/mol. The molecule has 8 heteroatoms. The van der Waals surface area contributed by atoms with Gasteiger partial charge >= 0.3 is 0 Å². The number of benzene rings is 2. The number of hydrogen-bond acceptors (Lipinski definition) is 7. The Labute approximate surface area is 186 Å². The van der Waals surface area contributed by atoms with Crippen molar-refractivity contribution in [3.63, 3.8) is 0 Å². The number of ether oxygens (including phenoxy) is 2. The molecule has 1 N–H and O–H groups in total. The third-order valence-corrected chi connectivity index (χ3v) is 5.26. The molecular formula is C24H24N4O4. The van der Waals surface area contributed by atoms with Crippen molar-refractivity contribution in [2.24, 2.45) is 0 Å². The Morgan fingerprint density at radius 2 is 2.19 bits per heavy atom. The number of methoxy groups -OCH3 is 1. The zero-order valence-electron chi connectivity index (χ0n) is 18.2. The first-order valence-corrected chi connectivity index (χ1v) is 10.5. The lowest BCUT2D eigenvalue weighted by atomic mass is 10.0. The van der Waals surface area contributed by atoms with E-state index < -0.39 is 0 Å². The van der Waals surface area contributed by atoms with Crippen LogP contribution in [0.3, 0.4) is 0 Å². The second kappa shape index (κ2) is 9.20. The lowest BCUT2D eigenvalue weighted by Gasteiger charge is -2.14. The predicted octanol–water partition coefficient (Wildman–Crippen LogP) is 3.81. The third-order valence-electron chi connectivity index (χ3n) is 5.26. The maximum absolute atomic E-state index is 12.0. The van der Waals surface area contributed by atoms with Gasteiger partial charge in [0.25, 0.3) is 5.89 Å². The lowest BCUT2D eigenvalue weighted by Crippen LogP contribution is -2.30. The average molecular weight is 432 g/mol. The number of fused-ring (bicyclic) bond motifs is 1.